The lowest BCUT2D eigenvalue weighted by Crippen LogP contribution is -2.32. The molecule has 4 N–H and O–H groups in total. The zero-order valence-corrected chi connectivity index (χ0v) is 22.4. The van der Waals surface area contributed by atoms with Crippen molar-refractivity contribution in [1.29, 1.82) is 0 Å². The van der Waals surface area contributed by atoms with E-state index in [9.17, 15) is 36.2 Å². The van der Waals surface area contributed by atoms with E-state index in [1.807, 2.05) is 29.2 Å². The van der Waals surface area contributed by atoms with Gasteiger partial charge in [-0.3, -0.25) is 14.0 Å². The summed E-state index contributed by atoms with van der Waals surface area (Å²) in [5.74, 6) is 0. The molecule has 14 heteroatoms. The molecule has 1 aliphatic heterocycles. The van der Waals surface area contributed by atoms with Crippen LogP contribution in [0.1, 0.15) is 5.56 Å². The van der Waals surface area contributed by atoms with Crippen LogP contribution in [0.15, 0.2) is 69.4 Å². The van der Waals surface area contributed by atoms with E-state index in [1.165, 1.54) is 11.3 Å². The highest BCUT2D eigenvalue weighted by molar-refractivity contribution is 7.86. The minimum atomic E-state index is -4.78. The van der Waals surface area contributed by atoms with Gasteiger partial charge in [-0.2, -0.15) is 16.8 Å². The molecule has 0 saturated carbocycles. The molecular formula is C24H25N3O8S3. The third-order valence-corrected chi connectivity index (χ3v) is 8.63. The first-order chi connectivity index (χ1) is 18.0. The number of fused-ring (bicyclic) bond motifs is 2. The second-order valence-electron chi connectivity index (χ2n) is 8.36. The molecule has 0 aromatic heterocycles. The Morgan fingerprint density at radius 1 is 0.868 bits per heavy atom. The third-order valence-electron chi connectivity index (χ3n) is 5.76. The molecule has 11 nitrogen and oxygen atoms in total. The first kappa shape index (κ1) is 28.2. The van der Waals surface area contributed by atoms with Crippen molar-refractivity contribution < 1.29 is 36.2 Å². The summed E-state index contributed by atoms with van der Waals surface area (Å²) in [4.78, 5) is 10.5. The van der Waals surface area contributed by atoms with Crippen LogP contribution in [0.2, 0.25) is 0 Å². The average Bonchev–Trinajstić information content (AvgIpc) is 2.85. The second kappa shape index (κ2) is 11.5. The van der Waals surface area contributed by atoms with Crippen molar-refractivity contribution in [3.8, 4) is 10.6 Å². The van der Waals surface area contributed by atoms with Crippen molar-refractivity contribution in [3.63, 3.8) is 0 Å². The first-order valence-electron chi connectivity index (χ1n) is 11.4. The Labute approximate surface area is 223 Å². The summed E-state index contributed by atoms with van der Waals surface area (Å²) in [5, 5.41) is 19.0. The summed E-state index contributed by atoms with van der Waals surface area (Å²) in [7, 11) is -9.47. The van der Waals surface area contributed by atoms with E-state index in [0.717, 1.165) is 33.3 Å². The molecule has 202 valence electrons. The molecule has 0 saturated heterocycles. The topological polar surface area (TPSA) is 178 Å². The molecule has 0 radical (unpaired) electrons. The molecule has 38 heavy (non-hydrogen) atoms. The van der Waals surface area contributed by atoms with Crippen molar-refractivity contribution in [2.75, 3.05) is 32.8 Å². The van der Waals surface area contributed by atoms with Gasteiger partial charge in [0.2, 0.25) is 0 Å². The number of nitrogens with zero attached hydrogens (tertiary/aromatic N) is 3. The Kier molecular flexibility index (Phi) is 8.54. The molecule has 0 unspecified atom stereocenters. The smallest absolute Gasteiger partial charge is 0.296 e. The highest BCUT2D eigenvalue weighted by Gasteiger charge is 2.20. The van der Waals surface area contributed by atoms with Gasteiger partial charge in [0.15, 0.2) is 0 Å². The molecule has 0 amide bonds. The van der Waals surface area contributed by atoms with Crippen LogP contribution < -0.4 is 5.36 Å². The maximum Gasteiger partial charge on any atom is 0.296 e. The fourth-order valence-corrected chi connectivity index (χ4v) is 6.04. The maximum absolute atomic E-state index is 12.0. The zero-order chi connectivity index (χ0) is 27.5. The van der Waals surface area contributed by atoms with Crippen molar-refractivity contribution in [3.05, 3.63) is 65.5 Å². The molecule has 0 fully saturated rings. The monoisotopic (exact) mass is 579 g/mol. The van der Waals surface area contributed by atoms with Crippen LogP contribution in [-0.4, -0.2) is 78.9 Å². The van der Waals surface area contributed by atoms with Gasteiger partial charge in [0.25, 0.3) is 20.2 Å². The van der Waals surface area contributed by atoms with Crippen molar-refractivity contribution >= 4 is 47.5 Å². The van der Waals surface area contributed by atoms with Gasteiger partial charge in [-0.05, 0) is 54.4 Å². The van der Waals surface area contributed by atoms with Gasteiger partial charge in [0.05, 0.1) is 49.9 Å². The van der Waals surface area contributed by atoms with Gasteiger partial charge in [-0.1, -0.05) is 12.1 Å². The van der Waals surface area contributed by atoms with Gasteiger partial charge in [0, 0.05) is 19.6 Å². The lowest BCUT2D eigenvalue weighted by molar-refractivity contribution is 0.162. The first-order valence-corrected chi connectivity index (χ1v) is 15.1. The van der Waals surface area contributed by atoms with E-state index in [-0.39, 0.29) is 18.9 Å². The van der Waals surface area contributed by atoms with E-state index in [1.54, 1.807) is 12.1 Å². The van der Waals surface area contributed by atoms with E-state index in [4.69, 9.17) is 4.98 Å². The van der Waals surface area contributed by atoms with Gasteiger partial charge in [-0.15, -0.1) is 11.3 Å². The SMILES string of the molecule is O=S(=O)(O)c1ccc(S(=O)(=O)O)c(/N=c2\cc3sc4ccccc4nc-3cc2CCN(CCO)CCO)c1. The number of hydrogen-bond donors (Lipinski definition) is 4. The van der Waals surface area contributed by atoms with Crippen LogP contribution in [-0.2, 0) is 26.7 Å². The molecule has 1 heterocycles. The Bertz CT molecular complexity index is 1710. The largest absolute Gasteiger partial charge is 0.395 e. The molecule has 1 aliphatic carbocycles. The number of aliphatic hydroxyl groups excluding tert-OH is 2. The summed E-state index contributed by atoms with van der Waals surface area (Å²) in [5.41, 5.74) is 1.72. The molecule has 2 aliphatic rings. The summed E-state index contributed by atoms with van der Waals surface area (Å²) in [6.07, 6.45) is 0.368. The van der Waals surface area contributed by atoms with Gasteiger partial charge in [0.1, 0.15) is 4.90 Å². The Hall–Kier alpha value is -2.82. The van der Waals surface area contributed by atoms with Gasteiger partial charge >= 0.3 is 0 Å². The second-order valence-corrected chi connectivity index (χ2v) is 12.3. The number of benzene rings is 3. The minimum Gasteiger partial charge on any atom is -0.395 e. The van der Waals surface area contributed by atoms with E-state index < -0.39 is 30.0 Å². The number of hydrogen-bond acceptors (Lipinski definition) is 10. The van der Waals surface area contributed by atoms with Crippen LogP contribution in [0, 0.1) is 0 Å². The maximum atomic E-state index is 12.0. The van der Waals surface area contributed by atoms with Crippen LogP contribution in [0.3, 0.4) is 0 Å². The van der Waals surface area contributed by atoms with Crippen molar-refractivity contribution in [2.45, 2.75) is 16.2 Å². The normalized spacial score (nSPS) is 13.1. The standard InChI is InChI=1S/C24H25N3O8S3/c28-11-9-27(10-12-29)8-7-16-13-20-23(36-22-4-2-1-3-18(22)25-20)15-19(16)26-21-14-17(37(30,31)32)5-6-24(21)38(33,34)35/h1-6,13-15,28-29H,7-12H2,(H,30,31,32)(H,33,34,35)/b26-19+. The summed E-state index contributed by atoms with van der Waals surface area (Å²) >= 11 is 1.44. The summed E-state index contributed by atoms with van der Waals surface area (Å²) in [6.45, 7) is 0.862. The molecule has 0 atom stereocenters. The highest BCUT2D eigenvalue weighted by Crippen LogP contribution is 2.31. The minimum absolute atomic E-state index is 0.107. The number of aromatic nitrogens is 1. The van der Waals surface area contributed by atoms with Crippen molar-refractivity contribution in [1.82, 2.24) is 9.88 Å². The van der Waals surface area contributed by atoms with Crippen LogP contribution in [0.4, 0.5) is 5.69 Å². The predicted molar refractivity (Wildman–Crippen MR) is 142 cm³/mol. The Morgan fingerprint density at radius 2 is 1.58 bits per heavy atom. The fraction of sp³-hybridized carbons (Fsp3) is 0.250. The zero-order valence-electron chi connectivity index (χ0n) is 19.9. The summed E-state index contributed by atoms with van der Waals surface area (Å²) in [6, 6.07) is 13.6. The van der Waals surface area contributed by atoms with Crippen LogP contribution in [0.25, 0.3) is 20.8 Å². The fourth-order valence-electron chi connectivity index (χ4n) is 3.95. The van der Waals surface area contributed by atoms with Gasteiger partial charge < -0.3 is 10.2 Å². The molecule has 4 rings (SSSR count). The highest BCUT2D eigenvalue weighted by atomic mass is 32.2. The molecule has 0 spiro atoms. The number of rotatable bonds is 10. The molecule has 2 aromatic carbocycles. The molecule has 0 bridgehead atoms. The molecule has 2 aromatic rings. The van der Waals surface area contributed by atoms with Crippen molar-refractivity contribution in [2.24, 2.45) is 4.99 Å². The average molecular weight is 580 g/mol. The van der Waals surface area contributed by atoms with Crippen LogP contribution >= 0.6 is 11.3 Å². The Balaban J connectivity index is 1.96. The number of para-hydroxylation sites is 1. The summed E-state index contributed by atoms with van der Waals surface area (Å²) < 4.78 is 67.6. The predicted octanol–water partition coefficient (Wildman–Crippen LogP) is 1.96. The van der Waals surface area contributed by atoms with E-state index >= 15 is 0 Å². The quantitative estimate of drug-likeness (QED) is 0.160. The van der Waals surface area contributed by atoms with Gasteiger partial charge in [-0.25, -0.2) is 9.98 Å². The number of aliphatic hydroxyl groups is 2. The van der Waals surface area contributed by atoms with E-state index in [2.05, 4.69) is 4.99 Å². The van der Waals surface area contributed by atoms with Crippen LogP contribution in [0.5, 0.6) is 0 Å². The molecular weight excluding hydrogens is 554 g/mol. The van der Waals surface area contributed by atoms with E-state index in [0.29, 0.717) is 42.7 Å². The lowest BCUT2D eigenvalue weighted by atomic mass is 10.1. The Morgan fingerprint density at radius 3 is 2.24 bits per heavy atom. The lowest BCUT2D eigenvalue weighted by Gasteiger charge is -2.20. The third kappa shape index (κ3) is 6.59.